The molecule has 0 unspecified atom stereocenters. The monoisotopic (exact) mass is 336 g/mol. The maximum atomic E-state index is 10.7. The summed E-state index contributed by atoms with van der Waals surface area (Å²) in [5, 5.41) is 8.79. The van der Waals surface area contributed by atoms with Gasteiger partial charge in [-0.1, -0.05) is 12.1 Å². The molecular weight excluding hydrogens is 315 g/mol. The highest BCUT2D eigenvalue weighted by molar-refractivity contribution is 6.18. The highest BCUT2D eigenvalue weighted by Gasteiger charge is 2.12. The lowest BCUT2D eigenvalue weighted by molar-refractivity contribution is -0.138. The number of halogens is 2. The number of hydrogen-bond donors (Lipinski definition) is 2. The first-order valence-electron chi connectivity index (χ1n) is 6.45. The van der Waals surface area contributed by atoms with Crippen LogP contribution in [0.1, 0.15) is 5.56 Å². The fraction of sp³-hybridized carbons (Fsp3) is 0.500. The maximum Gasteiger partial charge on any atom is 0.320 e. The first-order chi connectivity index (χ1) is 9.58. The molecule has 1 rings (SSSR count). The number of carbonyl (C=O) groups is 1. The van der Waals surface area contributed by atoms with E-state index in [2.05, 4.69) is 4.90 Å². The smallest absolute Gasteiger partial charge is 0.320 e. The largest absolute Gasteiger partial charge is 0.480 e. The van der Waals surface area contributed by atoms with Crippen molar-refractivity contribution in [2.24, 2.45) is 5.73 Å². The van der Waals surface area contributed by atoms with Gasteiger partial charge >= 0.3 is 5.97 Å². The fourth-order valence-electron chi connectivity index (χ4n) is 1.86. The lowest BCUT2D eigenvalue weighted by atomic mass is 10.1. The van der Waals surface area contributed by atoms with Crippen LogP contribution in [0.15, 0.2) is 24.3 Å². The van der Waals surface area contributed by atoms with Gasteiger partial charge in [-0.3, -0.25) is 4.79 Å². The van der Waals surface area contributed by atoms with Crippen LogP contribution in [0.4, 0.5) is 5.69 Å². The third-order valence-electron chi connectivity index (χ3n) is 2.99. The maximum absolute atomic E-state index is 10.7. The highest BCUT2D eigenvalue weighted by Crippen LogP contribution is 2.16. The number of nitrogens with two attached hydrogens (primary N) is 1. The second-order valence-electron chi connectivity index (χ2n) is 4.48. The first-order valence-corrected chi connectivity index (χ1v) is 6.99. The Morgan fingerprint density at radius 3 is 2.48 bits per heavy atom. The van der Waals surface area contributed by atoms with E-state index < -0.39 is 12.0 Å². The molecule has 21 heavy (non-hydrogen) atoms. The van der Waals surface area contributed by atoms with Crippen LogP contribution in [0.25, 0.3) is 0 Å². The van der Waals surface area contributed by atoms with Gasteiger partial charge in [0.25, 0.3) is 0 Å². The van der Waals surface area contributed by atoms with Crippen molar-refractivity contribution in [3.05, 3.63) is 29.8 Å². The van der Waals surface area contributed by atoms with E-state index in [1.165, 1.54) is 0 Å². The van der Waals surface area contributed by atoms with Crippen molar-refractivity contribution in [3.63, 3.8) is 0 Å². The van der Waals surface area contributed by atoms with Crippen molar-refractivity contribution in [1.82, 2.24) is 0 Å². The van der Waals surface area contributed by atoms with Gasteiger partial charge in [-0.2, -0.15) is 0 Å². The van der Waals surface area contributed by atoms with E-state index in [1.54, 1.807) is 7.11 Å². The van der Waals surface area contributed by atoms with E-state index in [0.29, 0.717) is 18.9 Å². The van der Waals surface area contributed by atoms with Gasteiger partial charge in [0.2, 0.25) is 0 Å². The lowest BCUT2D eigenvalue weighted by Gasteiger charge is -2.23. The number of benzene rings is 1. The number of hydrogen-bond acceptors (Lipinski definition) is 4. The number of alkyl halides is 1. The van der Waals surface area contributed by atoms with Gasteiger partial charge in [0.05, 0.1) is 6.61 Å². The molecule has 0 radical (unpaired) electrons. The lowest BCUT2D eigenvalue weighted by Crippen LogP contribution is -2.32. The third kappa shape index (κ3) is 7.00. The predicted molar refractivity (Wildman–Crippen MR) is 87.8 cm³/mol. The molecule has 7 heteroatoms. The van der Waals surface area contributed by atoms with Gasteiger partial charge in [0, 0.05) is 31.8 Å². The Balaban J connectivity index is 0.00000400. The number of aliphatic carboxylic acids is 1. The van der Waals surface area contributed by atoms with Gasteiger partial charge in [-0.05, 0) is 24.1 Å². The minimum Gasteiger partial charge on any atom is -0.480 e. The van der Waals surface area contributed by atoms with Crippen LogP contribution in [0.3, 0.4) is 0 Å². The summed E-state index contributed by atoms with van der Waals surface area (Å²) in [7, 11) is 1.66. The molecule has 120 valence electrons. The Kier molecular flexibility index (Phi) is 10.2. The average Bonchev–Trinajstić information content (AvgIpc) is 2.44. The molecule has 1 aromatic rings. The fourth-order valence-corrected chi connectivity index (χ4v) is 2.06. The molecule has 0 aliphatic rings. The van der Waals surface area contributed by atoms with Crippen LogP contribution in [-0.2, 0) is 16.0 Å². The number of methoxy groups -OCH3 is 1. The minimum atomic E-state index is -0.988. The van der Waals surface area contributed by atoms with E-state index in [9.17, 15) is 4.79 Å². The molecule has 0 aromatic heterocycles. The molecule has 0 saturated heterocycles. The molecule has 0 spiro atoms. The Bertz CT molecular complexity index is 415. The topological polar surface area (TPSA) is 75.8 Å². The zero-order valence-corrected chi connectivity index (χ0v) is 13.6. The predicted octanol–water partition coefficient (Wildman–Crippen LogP) is 1.75. The van der Waals surface area contributed by atoms with Crippen molar-refractivity contribution in [2.75, 3.05) is 37.6 Å². The quantitative estimate of drug-likeness (QED) is 0.672. The summed E-state index contributed by atoms with van der Waals surface area (Å²) in [5.41, 5.74) is 7.46. The second-order valence-corrected chi connectivity index (χ2v) is 4.86. The van der Waals surface area contributed by atoms with E-state index in [1.807, 2.05) is 24.3 Å². The molecular formula is C14H22Cl2N2O3. The summed E-state index contributed by atoms with van der Waals surface area (Å²) in [6.07, 6.45) is 0.323. The molecule has 1 aromatic carbocycles. The molecule has 5 nitrogen and oxygen atoms in total. The number of carboxylic acids is 1. The molecule has 0 aliphatic heterocycles. The van der Waals surface area contributed by atoms with Gasteiger partial charge in [-0.25, -0.2) is 0 Å². The van der Waals surface area contributed by atoms with Crippen LogP contribution in [-0.4, -0.2) is 49.8 Å². The van der Waals surface area contributed by atoms with E-state index >= 15 is 0 Å². The van der Waals surface area contributed by atoms with Crippen LogP contribution >= 0.6 is 24.0 Å². The van der Waals surface area contributed by atoms with Gasteiger partial charge in [0.15, 0.2) is 0 Å². The normalized spacial score (nSPS) is 11.6. The van der Waals surface area contributed by atoms with Crippen LogP contribution in [0.5, 0.6) is 0 Å². The second kappa shape index (κ2) is 10.7. The van der Waals surface area contributed by atoms with Crippen LogP contribution in [0, 0.1) is 0 Å². The first kappa shape index (κ1) is 20.0. The van der Waals surface area contributed by atoms with E-state index in [-0.39, 0.29) is 12.4 Å². The zero-order chi connectivity index (χ0) is 15.0. The number of anilines is 1. The van der Waals surface area contributed by atoms with Gasteiger partial charge < -0.3 is 20.5 Å². The molecule has 3 N–H and O–H groups in total. The summed E-state index contributed by atoms with van der Waals surface area (Å²) < 4.78 is 5.08. The van der Waals surface area contributed by atoms with E-state index in [4.69, 9.17) is 27.2 Å². The van der Waals surface area contributed by atoms with Gasteiger partial charge in [-0.15, -0.1) is 24.0 Å². The molecule has 0 fully saturated rings. The zero-order valence-electron chi connectivity index (χ0n) is 12.0. The van der Waals surface area contributed by atoms with Crippen LogP contribution < -0.4 is 10.6 Å². The summed E-state index contributed by atoms with van der Waals surface area (Å²) >= 11 is 5.80. The summed E-state index contributed by atoms with van der Waals surface area (Å²) in [6.45, 7) is 2.12. The van der Waals surface area contributed by atoms with Crippen molar-refractivity contribution in [3.8, 4) is 0 Å². The summed E-state index contributed by atoms with van der Waals surface area (Å²) in [4.78, 5) is 12.8. The Morgan fingerprint density at radius 2 is 2.00 bits per heavy atom. The number of ether oxygens (including phenoxy) is 1. The molecule has 0 amide bonds. The standard InChI is InChI=1S/C14H21ClN2O3.ClH/c1-20-9-8-17(7-6-15)12-4-2-11(3-5-12)10-13(16)14(18)19;/h2-5,13H,6-10,16H2,1H3,(H,18,19);1H/t13-;/m0./s1. The highest BCUT2D eigenvalue weighted by atomic mass is 35.5. The van der Waals surface area contributed by atoms with Crippen molar-refractivity contribution in [1.29, 1.82) is 0 Å². The van der Waals surface area contributed by atoms with Crippen molar-refractivity contribution >= 4 is 35.7 Å². The molecule has 1 atom stereocenters. The number of rotatable bonds is 9. The van der Waals surface area contributed by atoms with Crippen LogP contribution in [0.2, 0.25) is 0 Å². The van der Waals surface area contributed by atoms with E-state index in [0.717, 1.165) is 24.3 Å². The number of nitrogens with zero attached hydrogens (tertiary/aromatic N) is 1. The Morgan fingerprint density at radius 1 is 1.38 bits per heavy atom. The minimum absolute atomic E-state index is 0. The molecule has 0 heterocycles. The molecule has 0 aliphatic carbocycles. The summed E-state index contributed by atoms with van der Waals surface area (Å²) in [6, 6.07) is 6.82. The molecule has 0 bridgehead atoms. The Labute approximate surface area is 136 Å². The van der Waals surface area contributed by atoms with Crippen molar-refractivity contribution < 1.29 is 14.6 Å². The SMILES string of the molecule is COCCN(CCCl)c1ccc(C[C@H](N)C(=O)O)cc1.Cl. The Hall–Kier alpha value is -1.01. The van der Waals surface area contributed by atoms with Gasteiger partial charge in [0.1, 0.15) is 6.04 Å². The molecule has 0 saturated carbocycles. The average molecular weight is 337 g/mol. The number of carboxylic acid groups (broad SMARTS) is 1. The summed E-state index contributed by atoms with van der Waals surface area (Å²) in [5.74, 6) is -0.451. The third-order valence-corrected chi connectivity index (χ3v) is 3.16. The van der Waals surface area contributed by atoms with Crippen molar-refractivity contribution in [2.45, 2.75) is 12.5 Å².